The van der Waals surface area contributed by atoms with E-state index in [9.17, 15) is 14.4 Å². The molecule has 3 aromatic heterocycles. The fourth-order valence-corrected chi connectivity index (χ4v) is 2.84. The number of Topliss-reactive ketones (excluding diaryl/α,β-unsaturated/α-hetero) is 1. The third-order valence-electron chi connectivity index (χ3n) is 3.65. The maximum absolute atomic E-state index is 12.4. The number of carbonyl (C=O) groups is 1. The van der Waals surface area contributed by atoms with E-state index >= 15 is 0 Å². The highest BCUT2D eigenvalue weighted by atomic mass is 32.2. The lowest BCUT2D eigenvalue weighted by atomic mass is 10.2. The Balaban J connectivity index is 1.80. The van der Waals surface area contributed by atoms with Gasteiger partial charge in [0.05, 0.1) is 5.75 Å². The van der Waals surface area contributed by atoms with Gasteiger partial charge in [0, 0.05) is 32.1 Å². The molecule has 0 atom stereocenters. The number of rotatable bonds is 5. The van der Waals surface area contributed by atoms with Crippen LogP contribution in [0.1, 0.15) is 10.4 Å². The van der Waals surface area contributed by atoms with Gasteiger partial charge in [-0.2, -0.15) is 0 Å². The third-order valence-corrected chi connectivity index (χ3v) is 4.47. The molecule has 10 nitrogen and oxygen atoms in total. The number of aromatic nitrogens is 5. The molecule has 0 radical (unpaired) electrons. The summed E-state index contributed by atoms with van der Waals surface area (Å²) in [6.07, 6.45) is 3.18. The van der Waals surface area contributed by atoms with Crippen molar-refractivity contribution in [1.82, 2.24) is 24.3 Å². The maximum Gasteiger partial charge on any atom is 0.332 e. The number of thioether (sulfide) groups is 1. The quantitative estimate of drug-likeness (QED) is 0.486. The Bertz CT molecular complexity index is 1090. The molecule has 0 fully saturated rings. The summed E-state index contributed by atoms with van der Waals surface area (Å²) in [4.78, 5) is 40.3. The number of nitrogen functional groups attached to an aromatic ring is 1. The number of hydrogen-bond acceptors (Lipinski definition) is 9. The van der Waals surface area contributed by atoms with Gasteiger partial charge in [-0.15, -0.1) is 10.2 Å². The second kappa shape index (κ2) is 6.96. The lowest BCUT2D eigenvalue weighted by Crippen LogP contribution is -2.41. The fraction of sp³-hybridized carbons (Fsp3) is 0.200. The summed E-state index contributed by atoms with van der Waals surface area (Å²) in [6, 6.07) is 3.42. The van der Waals surface area contributed by atoms with Crippen molar-refractivity contribution >= 4 is 23.4 Å². The summed E-state index contributed by atoms with van der Waals surface area (Å²) in [6.45, 7) is 0. The Morgan fingerprint density at radius 2 is 1.88 bits per heavy atom. The monoisotopic (exact) mass is 374 g/mol. The normalized spacial score (nSPS) is 10.8. The van der Waals surface area contributed by atoms with Gasteiger partial charge in [-0.1, -0.05) is 11.8 Å². The van der Waals surface area contributed by atoms with Crippen LogP contribution < -0.4 is 17.0 Å². The number of ketones is 1. The molecule has 0 saturated carbocycles. The van der Waals surface area contributed by atoms with Crippen LogP contribution in [-0.4, -0.2) is 35.9 Å². The van der Waals surface area contributed by atoms with Gasteiger partial charge < -0.3 is 10.2 Å². The molecule has 0 aliphatic heterocycles. The predicted molar refractivity (Wildman–Crippen MR) is 93.9 cm³/mol. The first-order chi connectivity index (χ1) is 12.4. The number of hydrogen-bond donors (Lipinski definition) is 1. The predicted octanol–water partition coefficient (Wildman–Crippen LogP) is 0.0862. The molecular formula is C15H14N6O4S. The van der Waals surface area contributed by atoms with E-state index < -0.39 is 17.0 Å². The fourth-order valence-electron chi connectivity index (χ4n) is 2.20. The van der Waals surface area contributed by atoms with Crippen molar-refractivity contribution in [2.24, 2.45) is 14.1 Å². The maximum atomic E-state index is 12.4. The van der Waals surface area contributed by atoms with Gasteiger partial charge in [0.2, 0.25) is 5.89 Å². The topological polar surface area (TPSA) is 139 Å². The second-order valence-corrected chi connectivity index (χ2v) is 6.21. The molecular weight excluding hydrogens is 360 g/mol. The minimum atomic E-state index is -0.737. The van der Waals surface area contributed by atoms with Crippen LogP contribution in [0.15, 0.2) is 43.8 Å². The molecule has 2 N–H and O–H groups in total. The molecule has 11 heteroatoms. The number of nitrogens with two attached hydrogens (primary N) is 1. The van der Waals surface area contributed by atoms with E-state index in [0.29, 0.717) is 11.5 Å². The van der Waals surface area contributed by atoms with E-state index in [1.807, 2.05) is 0 Å². The van der Waals surface area contributed by atoms with Gasteiger partial charge in [0.1, 0.15) is 11.4 Å². The number of anilines is 1. The molecule has 0 spiro atoms. The van der Waals surface area contributed by atoms with E-state index in [-0.39, 0.29) is 22.4 Å². The summed E-state index contributed by atoms with van der Waals surface area (Å²) < 4.78 is 7.36. The van der Waals surface area contributed by atoms with Crippen molar-refractivity contribution in [2.75, 3.05) is 11.5 Å². The molecule has 26 heavy (non-hydrogen) atoms. The highest BCUT2D eigenvalue weighted by Gasteiger charge is 2.21. The molecule has 0 aliphatic carbocycles. The van der Waals surface area contributed by atoms with Gasteiger partial charge in [-0.05, 0) is 12.1 Å². The summed E-state index contributed by atoms with van der Waals surface area (Å²) in [5.74, 6) is -0.561. The Hall–Kier alpha value is -3.21. The first kappa shape index (κ1) is 17.6. The van der Waals surface area contributed by atoms with Crippen molar-refractivity contribution in [3.8, 4) is 11.5 Å². The van der Waals surface area contributed by atoms with Crippen LogP contribution in [0.3, 0.4) is 0 Å². The van der Waals surface area contributed by atoms with Gasteiger partial charge in [0.25, 0.3) is 10.8 Å². The van der Waals surface area contributed by atoms with Crippen LogP contribution >= 0.6 is 11.8 Å². The first-order valence-corrected chi connectivity index (χ1v) is 8.34. The van der Waals surface area contributed by atoms with Crippen molar-refractivity contribution < 1.29 is 9.21 Å². The number of nitrogens with zero attached hydrogens (tertiary/aromatic N) is 5. The summed E-state index contributed by atoms with van der Waals surface area (Å²) in [5, 5.41) is 7.93. The highest BCUT2D eigenvalue weighted by molar-refractivity contribution is 7.99. The van der Waals surface area contributed by atoms with Crippen molar-refractivity contribution in [3.63, 3.8) is 0 Å². The largest absolute Gasteiger partial charge is 0.411 e. The molecule has 0 aromatic carbocycles. The summed E-state index contributed by atoms with van der Waals surface area (Å²) >= 11 is 0.976. The van der Waals surface area contributed by atoms with E-state index in [0.717, 1.165) is 20.9 Å². The van der Waals surface area contributed by atoms with Crippen LogP contribution in [0.4, 0.5) is 5.82 Å². The zero-order valence-electron chi connectivity index (χ0n) is 13.9. The highest BCUT2D eigenvalue weighted by Crippen LogP contribution is 2.23. The third kappa shape index (κ3) is 3.16. The van der Waals surface area contributed by atoms with E-state index in [1.165, 1.54) is 14.1 Å². The van der Waals surface area contributed by atoms with Gasteiger partial charge in [-0.3, -0.25) is 23.7 Å². The molecule has 0 unspecified atom stereocenters. The van der Waals surface area contributed by atoms with Crippen LogP contribution in [0, 0.1) is 0 Å². The molecule has 3 aromatic rings. The Kier molecular flexibility index (Phi) is 4.71. The van der Waals surface area contributed by atoms with Gasteiger partial charge >= 0.3 is 5.69 Å². The summed E-state index contributed by atoms with van der Waals surface area (Å²) in [5.41, 5.74) is 4.88. The molecule has 134 valence electrons. The van der Waals surface area contributed by atoms with Crippen LogP contribution in [0.25, 0.3) is 11.5 Å². The Morgan fingerprint density at radius 1 is 1.19 bits per heavy atom. The van der Waals surface area contributed by atoms with Gasteiger partial charge in [0.15, 0.2) is 5.78 Å². The number of carbonyl (C=O) groups excluding carboxylic acids is 1. The smallest absolute Gasteiger partial charge is 0.332 e. The summed E-state index contributed by atoms with van der Waals surface area (Å²) in [7, 11) is 2.67. The lowest BCUT2D eigenvalue weighted by Gasteiger charge is -2.10. The van der Waals surface area contributed by atoms with Crippen molar-refractivity contribution in [2.45, 2.75) is 5.22 Å². The SMILES string of the molecule is Cn1c(N)c(C(=O)CSc2nnc(-c3ccncc3)o2)c(=O)n(C)c1=O. The van der Waals surface area contributed by atoms with Crippen molar-refractivity contribution in [3.05, 3.63) is 50.9 Å². The Morgan fingerprint density at radius 3 is 2.58 bits per heavy atom. The van der Waals surface area contributed by atoms with E-state index in [2.05, 4.69) is 15.2 Å². The zero-order chi connectivity index (χ0) is 18.8. The van der Waals surface area contributed by atoms with E-state index in [1.54, 1.807) is 24.5 Å². The zero-order valence-corrected chi connectivity index (χ0v) is 14.7. The molecule has 3 heterocycles. The standard InChI is InChI=1S/C15H14N6O4S/c1-20-11(16)10(13(23)21(2)15(20)24)9(22)7-26-14-19-18-12(25-14)8-3-5-17-6-4-8/h3-6H,7,16H2,1-2H3. The second-order valence-electron chi connectivity index (χ2n) is 5.29. The van der Waals surface area contributed by atoms with Crippen LogP contribution in [-0.2, 0) is 14.1 Å². The molecule has 3 rings (SSSR count). The molecule has 0 amide bonds. The molecule has 0 bridgehead atoms. The minimum absolute atomic E-state index is 0.143. The first-order valence-electron chi connectivity index (χ1n) is 7.35. The Labute approximate surface area is 150 Å². The van der Waals surface area contributed by atoms with Crippen LogP contribution in [0.5, 0.6) is 0 Å². The van der Waals surface area contributed by atoms with E-state index in [4.69, 9.17) is 10.2 Å². The average Bonchev–Trinajstić information content (AvgIpc) is 3.13. The average molecular weight is 374 g/mol. The molecule has 0 saturated heterocycles. The minimum Gasteiger partial charge on any atom is -0.411 e. The lowest BCUT2D eigenvalue weighted by molar-refractivity contribution is 0.102. The number of pyridine rings is 1. The molecule has 0 aliphatic rings. The van der Waals surface area contributed by atoms with Gasteiger partial charge in [-0.25, -0.2) is 4.79 Å². The van der Waals surface area contributed by atoms with Crippen LogP contribution in [0.2, 0.25) is 0 Å². The van der Waals surface area contributed by atoms with Crippen molar-refractivity contribution in [1.29, 1.82) is 0 Å².